The van der Waals surface area contributed by atoms with Crippen molar-refractivity contribution in [2.75, 3.05) is 16.4 Å². The Morgan fingerprint density at radius 1 is 1.00 bits per heavy atom. The van der Waals surface area contributed by atoms with Crippen LogP contribution >= 0.6 is 11.6 Å². The first kappa shape index (κ1) is 14.9. The molecule has 4 N–H and O–H groups in total. The molecular formula is C15H14ClN3O2. The molecule has 5 nitrogen and oxygen atoms in total. The number of amides is 2. The topological polar surface area (TPSA) is 84.2 Å². The van der Waals surface area contributed by atoms with Crippen LogP contribution in [-0.2, 0) is 4.79 Å². The van der Waals surface area contributed by atoms with Crippen molar-refractivity contribution in [3.63, 3.8) is 0 Å². The quantitative estimate of drug-likeness (QED) is 0.762. The number of halogens is 1. The van der Waals surface area contributed by atoms with E-state index in [2.05, 4.69) is 10.6 Å². The predicted octanol–water partition coefficient (Wildman–Crippen LogP) is 3.13. The van der Waals surface area contributed by atoms with Gasteiger partial charge in [0.1, 0.15) is 0 Å². The Balaban J connectivity index is 2.14. The van der Waals surface area contributed by atoms with E-state index in [0.717, 1.165) is 0 Å². The van der Waals surface area contributed by atoms with E-state index in [1.165, 1.54) is 6.92 Å². The molecule has 6 heteroatoms. The van der Waals surface area contributed by atoms with Crippen molar-refractivity contribution in [1.82, 2.24) is 0 Å². The third-order valence-electron chi connectivity index (χ3n) is 2.74. The summed E-state index contributed by atoms with van der Waals surface area (Å²) in [6.45, 7) is 1.43. The molecule has 21 heavy (non-hydrogen) atoms. The maximum atomic E-state index is 12.2. The Hall–Kier alpha value is -2.53. The van der Waals surface area contributed by atoms with E-state index in [-0.39, 0.29) is 17.4 Å². The van der Waals surface area contributed by atoms with E-state index in [1.807, 2.05) is 0 Å². The molecule has 0 saturated carbocycles. The number of hydrogen-bond acceptors (Lipinski definition) is 3. The second-order valence-corrected chi connectivity index (χ2v) is 4.82. The minimum atomic E-state index is -0.384. The Morgan fingerprint density at radius 2 is 1.57 bits per heavy atom. The van der Waals surface area contributed by atoms with Gasteiger partial charge in [-0.05, 0) is 36.4 Å². The van der Waals surface area contributed by atoms with Crippen LogP contribution in [-0.4, -0.2) is 11.8 Å². The van der Waals surface area contributed by atoms with Crippen molar-refractivity contribution in [3.05, 3.63) is 53.1 Å². The largest absolute Gasteiger partial charge is 0.398 e. The summed E-state index contributed by atoms with van der Waals surface area (Å²) in [5, 5.41) is 5.64. The summed E-state index contributed by atoms with van der Waals surface area (Å²) in [6, 6.07) is 11.6. The van der Waals surface area contributed by atoms with Crippen LogP contribution < -0.4 is 16.4 Å². The highest BCUT2D eigenvalue weighted by atomic mass is 35.5. The summed E-state index contributed by atoms with van der Waals surface area (Å²) in [6.07, 6.45) is 0. The number of nitrogens with one attached hydrogen (secondary N) is 2. The van der Waals surface area contributed by atoms with Crippen LogP contribution in [0.1, 0.15) is 17.3 Å². The van der Waals surface area contributed by atoms with Gasteiger partial charge in [-0.15, -0.1) is 0 Å². The van der Waals surface area contributed by atoms with Crippen molar-refractivity contribution in [3.8, 4) is 0 Å². The molecule has 0 bridgehead atoms. The van der Waals surface area contributed by atoms with E-state index in [9.17, 15) is 9.59 Å². The van der Waals surface area contributed by atoms with Crippen molar-refractivity contribution >= 4 is 40.5 Å². The Kier molecular flexibility index (Phi) is 4.45. The molecule has 0 aromatic heterocycles. The summed E-state index contributed by atoms with van der Waals surface area (Å²) in [5.74, 6) is -0.541. The molecule has 108 valence electrons. The molecule has 2 aromatic rings. The lowest BCUT2D eigenvalue weighted by Gasteiger charge is -2.10. The molecule has 0 spiro atoms. The number of carbonyl (C=O) groups is 2. The Morgan fingerprint density at radius 3 is 2.10 bits per heavy atom. The Bertz CT molecular complexity index is 664. The fraction of sp³-hybridized carbons (Fsp3) is 0.0667. The van der Waals surface area contributed by atoms with Gasteiger partial charge in [0.05, 0.1) is 10.6 Å². The summed E-state index contributed by atoms with van der Waals surface area (Å²) in [4.78, 5) is 23.1. The van der Waals surface area contributed by atoms with E-state index >= 15 is 0 Å². The summed E-state index contributed by atoms with van der Waals surface area (Å²) in [5.41, 5.74) is 7.55. The average molecular weight is 304 g/mol. The second-order valence-electron chi connectivity index (χ2n) is 4.42. The highest BCUT2D eigenvalue weighted by Gasteiger charge is 2.13. The molecule has 2 amide bonds. The van der Waals surface area contributed by atoms with Crippen LogP contribution in [0.25, 0.3) is 0 Å². The van der Waals surface area contributed by atoms with Gasteiger partial charge in [0.2, 0.25) is 5.91 Å². The molecule has 0 aliphatic carbocycles. The number of hydrogen-bond donors (Lipinski definition) is 3. The summed E-state index contributed by atoms with van der Waals surface area (Å²) < 4.78 is 0. The minimum Gasteiger partial charge on any atom is -0.398 e. The summed E-state index contributed by atoms with van der Waals surface area (Å²) >= 11 is 5.98. The molecule has 0 heterocycles. The highest BCUT2D eigenvalue weighted by molar-refractivity contribution is 6.35. The van der Waals surface area contributed by atoms with Crippen molar-refractivity contribution in [2.45, 2.75) is 6.92 Å². The number of carbonyl (C=O) groups excluding carboxylic acids is 2. The predicted molar refractivity (Wildman–Crippen MR) is 84.6 cm³/mol. The van der Waals surface area contributed by atoms with E-state index in [0.29, 0.717) is 22.1 Å². The Labute approximate surface area is 127 Å². The molecule has 0 aliphatic heterocycles. The van der Waals surface area contributed by atoms with Gasteiger partial charge in [-0.2, -0.15) is 0 Å². The van der Waals surface area contributed by atoms with Crippen LogP contribution in [0.2, 0.25) is 5.02 Å². The van der Waals surface area contributed by atoms with E-state index < -0.39 is 0 Å². The SMILES string of the molecule is CC(=O)Nc1ccc(NC(=O)c2c(N)cccc2Cl)cc1. The smallest absolute Gasteiger partial charge is 0.259 e. The van der Waals surface area contributed by atoms with Gasteiger partial charge in [-0.3, -0.25) is 9.59 Å². The first-order valence-electron chi connectivity index (χ1n) is 6.20. The second kappa shape index (κ2) is 6.28. The standard InChI is InChI=1S/C15H14ClN3O2/c1-9(20)18-10-5-7-11(8-6-10)19-15(21)14-12(16)3-2-4-13(14)17/h2-8H,17H2,1H3,(H,18,20)(H,19,21). The van der Waals surface area contributed by atoms with Crippen LogP contribution in [0.4, 0.5) is 17.1 Å². The zero-order valence-corrected chi connectivity index (χ0v) is 12.1. The first-order chi connectivity index (χ1) is 9.97. The number of benzene rings is 2. The molecule has 0 aliphatic rings. The van der Waals surface area contributed by atoms with Gasteiger partial charge in [0.15, 0.2) is 0 Å². The monoisotopic (exact) mass is 303 g/mol. The third kappa shape index (κ3) is 3.73. The van der Waals surface area contributed by atoms with Gasteiger partial charge in [-0.25, -0.2) is 0 Å². The zero-order chi connectivity index (χ0) is 15.4. The first-order valence-corrected chi connectivity index (χ1v) is 6.58. The lowest BCUT2D eigenvalue weighted by molar-refractivity contribution is -0.114. The van der Waals surface area contributed by atoms with Gasteiger partial charge in [-0.1, -0.05) is 17.7 Å². The van der Waals surface area contributed by atoms with Crippen LogP contribution in [0.3, 0.4) is 0 Å². The van der Waals surface area contributed by atoms with E-state index in [4.69, 9.17) is 17.3 Å². The molecule has 0 saturated heterocycles. The fourth-order valence-electron chi connectivity index (χ4n) is 1.81. The molecule has 0 unspecified atom stereocenters. The lowest BCUT2D eigenvalue weighted by atomic mass is 10.1. The van der Waals surface area contributed by atoms with Crippen LogP contribution in [0.5, 0.6) is 0 Å². The molecule has 0 fully saturated rings. The number of nitrogen functional groups attached to an aromatic ring is 1. The van der Waals surface area contributed by atoms with Crippen LogP contribution in [0.15, 0.2) is 42.5 Å². The molecule has 0 radical (unpaired) electrons. The minimum absolute atomic E-state index is 0.157. The third-order valence-corrected chi connectivity index (χ3v) is 3.05. The zero-order valence-electron chi connectivity index (χ0n) is 11.3. The van der Waals surface area contributed by atoms with Crippen LogP contribution in [0, 0.1) is 0 Å². The van der Waals surface area contributed by atoms with Crippen molar-refractivity contribution < 1.29 is 9.59 Å². The van der Waals surface area contributed by atoms with Gasteiger partial charge >= 0.3 is 0 Å². The maximum absolute atomic E-state index is 12.2. The highest BCUT2D eigenvalue weighted by Crippen LogP contribution is 2.23. The average Bonchev–Trinajstić information content (AvgIpc) is 2.40. The van der Waals surface area contributed by atoms with E-state index in [1.54, 1.807) is 42.5 Å². The number of nitrogens with two attached hydrogens (primary N) is 1. The maximum Gasteiger partial charge on any atom is 0.259 e. The number of anilines is 3. The van der Waals surface area contributed by atoms with Crippen molar-refractivity contribution in [2.24, 2.45) is 0 Å². The van der Waals surface area contributed by atoms with Gasteiger partial charge < -0.3 is 16.4 Å². The van der Waals surface area contributed by atoms with Crippen molar-refractivity contribution in [1.29, 1.82) is 0 Å². The molecular weight excluding hydrogens is 290 g/mol. The van der Waals surface area contributed by atoms with Gasteiger partial charge in [0.25, 0.3) is 5.91 Å². The normalized spacial score (nSPS) is 10.0. The summed E-state index contributed by atoms with van der Waals surface area (Å²) in [7, 11) is 0. The fourth-order valence-corrected chi connectivity index (χ4v) is 2.08. The molecule has 2 aromatic carbocycles. The van der Waals surface area contributed by atoms with Gasteiger partial charge in [0, 0.05) is 24.0 Å². The molecule has 0 atom stereocenters. The number of rotatable bonds is 3. The lowest BCUT2D eigenvalue weighted by Crippen LogP contribution is -2.14. The molecule has 2 rings (SSSR count).